The lowest BCUT2D eigenvalue weighted by atomic mass is 9.80. The van der Waals surface area contributed by atoms with Gasteiger partial charge in [-0.25, -0.2) is 4.85 Å². The van der Waals surface area contributed by atoms with Crippen molar-refractivity contribution in [1.82, 2.24) is 4.57 Å². The molecule has 0 amide bonds. The molecule has 2 heterocycles. The second-order valence-electron chi connectivity index (χ2n) is 10.9. The van der Waals surface area contributed by atoms with Crippen LogP contribution in [0.2, 0.25) is 0 Å². The summed E-state index contributed by atoms with van der Waals surface area (Å²) in [5.41, 5.74) is 8.77. The molecule has 0 spiro atoms. The van der Waals surface area contributed by atoms with Crippen molar-refractivity contribution in [3.8, 4) is 16.9 Å². The highest BCUT2D eigenvalue weighted by atomic mass is 15.0. The lowest BCUT2D eigenvalue weighted by Gasteiger charge is -2.24. The number of aromatic nitrogens is 2. The fraction of sp³-hybridized carbons (Fsp3) is 0.176. The maximum absolute atomic E-state index is 7.95. The Bertz CT molecular complexity index is 1880. The van der Waals surface area contributed by atoms with Gasteiger partial charge in [0.05, 0.1) is 17.7 Å². The van der Waals surface area contributed by atoms with Crippen LogP contribution in [-0.4, -0.2) is 4.57 Å². The number of pyridine rings is 1. The minimum Gasteiger partial charge on any atom is -0.313 e. The molecule has 6 aromatic rings. The van der Waals surface area contributed by atoms with E-state index < -0.39 is 0 Å². The fourth-order valence-electron chi connectivity index (χ4n) is 5.80. The van der Waals surface area contributed by atoms with Gasteiger partial charge in [0.2, 0.25) is 11.4 Å². The molecule has 0 radical (unpaired) electrons. The number of fused-ring (bicyclic) bond motifs is 4. The van der Waals surface area contributed by atoms with Crippen molar-refractivity contribution in [1.29, 1.82) is 0 Å². The normalized spacial score (nSPS) is 11.9. The molecule has 4 aromatic carbocycles. The van der Waals surface area contributed by atoms with E-state index >= 15 is 0 Å². The van der Waals surface area contributed by atoms with E-state index in [-0.39, 0.29) is 5.41 Å². The van der Waals surface area contributed by atoms with Gasteiger partial charge in [0.25, 0.3) is 0 Å². The van der Waals surface area contributed by atoms with E-state index in [0.29, 0.717) is 5.69 Å². The molecule has 3 heteroatoms. The molecule has 0 saturated carbocycles. The lowest BCUT2D eigenvalue weighted by molar-refractivity contribution is -0.659. The van der Waals surface area contributed by atoms with Crippen LogP contribution in [0.25, 0.3) is 54.4 Å². The minimum atomic E-state index is -0.0159. The van der Waals surface area contributed by atoms with Crippen molar-refractivity contribution >= 4 is 38.3 Å². The number of nitrogens with zero attached hydrogens (tertiary/aromatic N) is 3. The SMILES string of the molecule is [C-]#[N+]c1cccc2c3cc[n+](C)c(-c4cc(C(C)(C)C)c5ccccc5c4C)c3n(-c3ccccc3)c12. The molecular formula is C34H30N3+. The largest absolute Gasteiger partial charge is 0.313 e. The van der Waals surface area contributed by atoms with Crippen molar-refractivity contribution in [2.24, 2.45) is 7.05 Å². The summed E-state index contributed by atoms with van der Waals surface area (Å²) < 4.78 is 4.53. The van der Waals surface area contributed by atoms with Gasteiger partial charge in [-0.1, -0.05) is 81.4 Å². The molecule has 0 fully saturated rings. The molecule has 37 heavy (non-hydrogen) atoms. The van der Waals surface area contributed by atoms with E-state index in [0.717, 1.165) is 33.2 Å². The van der Waals surface area contributed by atoms with E-state index in [1.54, 1.807) is 0 Å². The molecule has 0 N–H and O–H groups in total. The zero-order chi connectivity index (χ0) is 25.9. The zero-order valence-electron chi connectivity index (χ0n) is 22.0. The number of para-hydroxylation sites is 2. The standard InChI is InChI=1S/C34H30N3/c1-22-24-15-10-11-16-25(24)29(34(2,3)4)21-28(22)32-33-27(19-20-36(32)6)26-17-12-18-30(35-5)31(26)37(33)23-13-8-7-9-14-23/h7-21H,1-4,6H3/q+1. The van der Waals surface area contributed by atoms with Crippen LogP contribution >= 0.6 is 0 Å². The summed E-state index contributed by atoms with van der Waals surface area (Å²) in [5.74, 6) is 0. The van der Waals surface area contributed by atoms with Gasteiger partial charge in [-0.15, -0.1) is 0 Å². The third-order valence-electron chi connectivity index (χ3n) is 7.56. The quantitative estimate of drug-likeness (QED) is 0.174. The fourth-order valence-corrected chi connectivity index (χ4v) is 5.80. The predicted molar refractivity (Wildman–Crippen MR) is 155 cm³/mol. The molecule has 2 aromatic heterocycles. The van der Waals surface area contributed by atoms with Gasteiger partial charge < -0.3 is 4.57 Å². The Kier molecular flexibility index (Phi) is 5.17. The highest BCUT2D eigenvalue weighted by Gasteiger charge is 2.28. The first-order valence-electron chi connectivity index (χ1n) is 12.7. The highest BCUT2D eigenvalue weighted by Crippen LogP contribution is 2.43. The first kappa shape index (κ1) is 23.0. The van der Waals surface area contributed by atoms with E-state index in [9.17, 15) is 0 Å². The van der Waals surface area contributed by atoms with Crippen molar-refractivity contribution in [2.45, 2.75) is 33.1 Å². The van der Waals surface area contributed by atoms with Gasteiger partial charge in [-0.05, 0) is 57.8 Å². The minimum absolute atomic E-state index is 0.0159. The lowest BCUT2D eigenvalue weighted by Crippen LogP contribution is -2.31. The Morgan fingerprint density at radius 3 is 2.11 bits per heavy atom. The van der Waals surface area contributed by atoms with E-state index in [1.807, 2.05) is 18.2 Å². The Hall–Kier alpha value is -4.42. The van der Waals surface area contributed by atoms with Crippen LogP contribution in [-0.2, 0) is 12.5 Å². The average Bonchev–Trinajstić information content (AvgIpc) is 3.24. The highest BCUT2D eigenvalue weighted by molar-refractivity contribution is 6.16. The smallest absolute Gasteiger partial charge is 0.237 e. The van der Waals surface area contributed by atoms with E-state index in [4.69, 9.17) is 6.57 Å². The van der Waals surface area contributed by atoms with Crippen LogP contribution in [0.3, 0.4) is 0 Å². The van der Waals surface area contributed by atoms with Gasteiger partial charge in [0.1, 0.15) is 12.6 Å². The second kappa shape index (κ2) is 8.32. The van der Waals surface area contributed by atoms with Gasteiger partial charge in [0, 0.05) is 17.1 Å². The molecule has 0 aliphatic carbocycles. The topological polar surface area (TPSA) is 13.2 Å². The number of benzene rings is 4. The zero-order valence-corrected chi connectivity index (χ0v) is 22.0. The van der Waals surface area contributed by atoms with E-state index in [2.05, 4.69) is 122 Å². The Balaban J connectivity index is 1.87. The van der Waals surface area contributed by atoms with Crippen LogP contribution in [0.4, 0.5) is 5.69 Å². The molecular weight excluding hydrogens is 450 g/mol. The van der Waals surface area contributed by atoms with Crippen molar-refractivity contribution in [2.75, 3.05) is 0 Å². The van der Waals surface area contributed by atoms with E-state index in [1.165, 1.54) is 27.5 Å². The molecule has 0 aliphatic rings. The van der Waals surface area contributed by atoms with Crippen LogP contribution in [0, 0.1) is 13.5 Å². The summed E-state index contributed by atoms with van der Waals surface area (Å²) in [4.78, 5) is 3.93. The molecule has 0 saturated heterocycles. The number of hydrogen-bond donors (Lipinski definition) is 0. The molecule has 3 nitrogen and oxygen atoms in total. The summed E-state index contributed by atoms with van der Waals surface area (Å²) in [5, 5.41) is 4.85. The molecule has 0 unspecified atom stereocenters. The summed E-state index contributed by atoms with van der Waals surface area (Å²) in [7, 11) is 2.13. The van der Waals surface area contributed by atoms with Crippen LogP contribution in [0.5, 0.6) is 0 Å². The number of hydrogen-bond acceptors (Lipinski definition) is 0. The van der Waals surface area contributed by atoms with Crippen LogP contribution in [0.15, 0.2) is 91.1 Å². The molecule has 0 aliphatic heterocycles. The van der Waals surface area contributed by atoms with Crippen molar-refractivity contribution < 1.29 is 4.57 Å². The van der Waals surface area contributed by atoms with Gasteiger partial charge in [0.15, 0.2) is 6.20 Å². The third-order valence-corrected chi connectivity index (χ3v) is 7.56. The third kappa shape index (κ3) is 3.44. The van der Waals surface area contributed by atoms with Crippen LogP contribution < -0.4 is 4.57 Å². The maximum atomic E-state index is 7.95. The molecule has 180 valence electrons. The number of aryl methyl sites for hydroxylation is 2. The second-order valence-corrected chi connectivity index (χ2v) is 10.9. The summed E-state index contributed by atoms with van der Waals surface area (Å²) >= 11 is 0. The summed E-state index contributed by atoms with van der Waals surface area (Å²) in [6.07, 6.45) is 2.16. The molecule has 0 bridgehead atoms. The molecule has 0 atom stereocenters. The number of rotatable bonds is 2. The first-order valence-corrected chi connectivity index (χ1v) is 12.7. The van der Waals surface area contributed by atoms with Crippen molar-refractivity contribution in [3.05, 3.63) is 114 Å². The Morgan fingerprint density at radius 2 is 1.41 bits per heavy atom. The van der Waals surface area contributed by atoms with Gasteiger partial charge in [-0.3, -0.25) is 0 Å². The summed E-state index contributed by atoms with van der Waals surface area (Å²) in [6, 6.07) is 29.8. The molecule has 6 rings (SSSR count). The van der Waals surface area contributed by atoms with Crippen molar-refractivity contribution in [3.63, 3.8) is 0 Å². The first-order chi connectivity index (χ1) is 17.8. The maximum Gasteiger partial charge on any atom is 0.237 e. The Morgan fingerprint density at radius 1 is 0.757 bits per heavy atom. The predicted octanol–water partition coefficient (Wildman–Crippen LogP) is 8.59. The van der Waals surface area contributed by atoms with Gasteiger partial charge >= 0.3 is 0 Å². The van der Waals surface area contributed by atoms with Crippen LogP contribution in [0.1, 0.15) is 31.9 Å². The summed E-state index contributed by atoms with van der Waals surface area (Å²) in [6.45, 7) is 17.1. The Labute approximate surface area is 218 Å². The monoisotopic (exact) mass is 480 g/mol. The van der Waals surface area contributed by atoms with Gasteiger partial charge in [-0.2, -0.15) is 4.57 Å². The average molecular weight is 481 g/mol.